The number of thiazole rings is 1. The lowest BCUT2D eigenvalue weighted by Gasteiger charge is -2.12. The maximum Gasteiger partial charge on any atom is 0.244 e. The van der Waals surface area contributed by atoms with Gasteiger partial charge in [0.1, 0.15) is 4.90 Å². The minimum atomic E-state index is -3.52. The normalized spacial score (nSPS) is 12.7. The monoisotopic (exact) mass is 448 g/mol. The fraction of sp³-hybridized carbons (Fsp3) is 0.211. The van der Waals surface area contributed by atoms with E-state index in [0.29, 0.717) is 10.2 Å². The molecule has 1 aromatic carbocycles. The smallest absolute Gasteiger partial charge is 0.244 e. The number of amides is 1. The lowest BCUT2D eigenvalue weighted by atomic mass is 10.2. The van der Waals surface area contributed by atoms with Gasteiger partial charge in [0.05, 0.1) is 16.0 Å². The van der Waals surface area contributed by atoms with E-state index in [0.717, 1.165) is 15.6 Å². The van der Waals surface area contributed by atoms with Crippen molar-refractivity contribution in [1.82, 2.24) is 14.3 Å². The molecule has 2 aromatic heterocycles. The number of sulfonamides is 1. The topological polar surface area (TPSA) is 92.3 Å². The molecule has 0 aliphatic rings. The van der Waals surface area contributed by atoms with Crippen LogP contribution in [0.15, 0.2) is 64.0 Å². The van der Waals surface area contributed by atoms with Gasteiger partial charge in [0.15, 0.2) is 5.13 Å². The van der Waals surface area contributed by atoms with Gasteiger partial charge in [-0.1, -0.05) is 42.1 Å². The summed E-state index contributed by atoms with van der Waals surface area (Å²) in [6.45, 7) is 1.76. The number of hydrogen-bond donors (Lipinski definition) is 1. The van der Waals surface area contributed by atoms with Crippen LogP contribution in [0.25, 0.3) is 11.3 Å². The van der Waals surface area contributed by atoms with Gasteiger partial charge in [-0.25, -0.2) is 22.7 Å². The summed E-state index contributed by atoms with van der Waals surface area (Å²) in [7, 11) is -0.595. The van der Waals surface area contributed by atoms with Crippen LogP contribution in [-0.4, -0.2) is 47.9 Å². The first-order chi connectivity index (χ1) is 13.8. The molecule has 3 aromatic rings. The van der Waals surface area contributed by atoms with Gasteiger partial charge in [0.2, 0.25) is 15.9 Å². The highest BCUT2D eigenvalue weighted by atomic mass is 32.2. The Morgan fingerprint density at radius 1 is 1.17 bits per heavy atom. The van der Waals surface area contributed by atoms with Crippen LogP contribution < -0.4 is 5.32 Å². The Labute approximate surface area is 178 Å². The van der Waals surface area contributed by atoms with Crippen molar-refractivity contribution in [1.29, 1.82) is 0 Å². The molecule has 0 spiro atoms. The number of nitrogens with zero attached hydrogens (tertiary/aromatic N) is 3. The van der Waals surface area contributed by atoms with Crippen molar-refractivity contribution in [3.63, 3.8) is 0 Å². The number of thioether (sulfide) groups is 1. The molecule has 1 unspecified atom stereocenters. The molecule has 7 nitrogen and oxygen atoms in total. The van der Waals surface area contributed by atoms with Crippen molar-refractivity contribution in [3.05, 3.63) is 54.0 Å². The maximum absolute atomic E-state index is 12.5. The van der Waals surface area contributed by atoms with E-state index >= 15 is 0 Å². The Morgan fingerprint density at radius 3 is 2.52 bits per heavy atom. The van der Waals surface area contributed by atoms with Crippen LogP contribution in [0.5, 0.6) is 0 Å². The zero-order valence-corrected chi connectivity index (χ0v) is 18.5. The highest BCUT2D eigenvalue weighted by molar-refractivity contribution is 8.00. The van der Waals surface area contributed by atoms with Crippen molar-refractivity contribution in [2.24, 2.45) is 0 Å². The lowest BCUT2D eigenvalue weighted by molar-refractivity contribution is -0.115. The lowest BCUT2D eigenvalue weighted by Crippen LogP contribution is -2.23. The third kappa shape index (κ3) is 5.21. The third-order valence-corrected chi connectivity index (χ3v) is 7.57. The van der Waals surface area contributed by atoms with Gasteiger partial charge in [0, 0.05) is 31.2 Å². The van der Waals surface area contributed by atoms with Crippen LogP contribution >= 0.6 is 23.1 Å². The first-order valence-electron chi connectivity index (χ1n) is 8.64. The van der Waals surface area contributed by atoms with Gasteiger partial charge in [-0.2, -0.15) is 0 Å². The predicted molar refractivity (Wildman–Crippen MR) is 117 cm³/mol. The summed E-state index contributed by atoms with van der Waals surface area (Å²) in [6.07, 6.45) is 1.30. The second-order valence-corrected chi connectivity index (χ2v) is 10.6. The van der Waals surface area contributed by atoms with Crippen LogP contribution in [0.4, 0.5) is 5.13 Å². The van der Waals surface area contributed by atoms with Crippen LogP contribution in [0, 0.1) is 0 Å². The number of nitrogens with one attached hydrogen (secondary N) is 1. The molecular formula is C19H20N4O3S3. The average Bonchev–Trinajstić information content (AvgIpc) is 3.17. The predicted octanol–water partition coefficient (Wildman–Crippen LogP) is 3.57. The number of carbonyl (C=O) groups is 1. The van der Waals surface area contributed by atoms with Crippen LogP contribution in [0.2, 0.25) is 0 Å². The van der Waals surface area contributed by atoms with E-state index in [1.807, 2.05) is 35.7 Å². The van der Waals surface area contributed by atoms with E-state index in [2.05, 4.69) is 15.3 Å². The molecule has 2 heterocycles. The molecule has 10 heteroatoms. The van der Waals surface area contributed by atoms with E-state index < -0.39 is 15.3 Å². The van der Waals surface area contributed by atoms with Crippen LogP contribution in [0.3, 0.4) is 0 Å². The number of pyridine rings is 1. The molecule has 0 aliphatic heterocycles. The standard InChI is InChI=1S/C19H20N4O3S3/c1-13(28-17-10-9-15(11-20-17)29(25,26)23(2)3)18(24)22-19-21-16(12-27-19)14-7-5-4-6-8-14/h4-13H,1-3H3,(H,21,22,24). The van der Waals surface area contributed by atoms with Gasteiger partial charge in [-0.3, -0.25) is 4.79 Å². The number of rotatable bonds is 7. The number of hydrogen-bond acceptors (Lipinski definition) is 7. The highest BCUT2D eigenvalue weighted by Crippen LogP contribution is 2.27. The number of aromatic nitrogens is 2. The largest absolute Gasteiger partial charge is 0.301 e. The average molecular weight is 449 g/mol. The molecule has 29 heavy (non-hydrogen) atoms. The van der Waals surface area contributed by atoms with Gasteiger partial charge >= 0.3 is 0 Å². The third-order valence-electron chi connectivity index (χ3n) is 3.96. The molecule has 0 saturated carbocycles. The Kier molecular flexibility index (Phi) is 6.68. The molecular weight excluding hydrogens is 428 g/mol. The molecule has 0 aliphatic carbocycles. The highest BCUT2D eigenvalue weighted by Gasteiger charge is 2.20. The van der Waals surface area contributed by atoms with E-state index in [1.54, 1.807) is 13.0 Å². The Bertz CT molecular complexity index is 1080. The second kappa shape index (κ2) is 9.04. The quantitative estimate of drug-likeness (QED) is 0.556. The SMILES string of the molecule is CC(Sc1ccc(S(=O)(=O)N(C)C)cn1)C(=O)Nc1nc(-c2ccccc2)cs1. The van der Waals surface area contributed by atoms with E-state index in [-0.39, 0.29) is 10.8 Å². The molecule has 1 atom stereocenters. The fourth-order valence-corrected chi connectivity index (χ4v) is 4.67. The number of carbonyl (C=O) groups excluding carboxylic acids is 1. The first kappa shape index (κ1) is 21.4. The van der Waals surface area contributed by atoms with Gasteiger partial charge in [-0.15, -0.1) is 11.3 Å². The molecule has 0 saturated heterocycles. The van der Waals surface area contributed by atoms with Crippen LogP contribution in [-0.2, 0) is 14.8 Å². The summed E-state index contributed by atoms with van der Waals surface area (Å²) in [5.41, 5.74) is 1.80. The molecule has 0 fully saturated rings. The summed E-state index contributed by atoms with van der Waals surface area (Å²) in [5, 5.41) is 5.38. The van der Waals surface area contributed by atoms with Gasteiger partial charge < -0.3 is 5.32 Å². The van der Waals surface area contributed by atoms with Crippen molar-refractivity contribution >= 4 is 44.2 Å². The van der Waals surface area contributed by atoms with Crippen LogP contribution in [0.1, 0.15) is 6.92 Å². The maximum atomic E-state index is 12.5. The minimum absolute atomic E-state index is 0.111. The van der Waals surface area contributed by atoms with Gasteiger partial charge in [0.25, 0.3) is 0 Å². The van der Waals surface area contributed by atoms with Crippen molar-refractivity contribution in [2.75, 3.05) is 19.4 Å². The summed E-state index contributed by atoms with van der Waals surface area (Å²) in [4.78, 5) is 21.2. The molecule has 3 rings (SSSR count). The number of benzene rings is 1. The first-order valence-corrected chi connectivity index (χ1v) is 11.8. The molecule has 0 radical (unpaired) electrons. The zero-order chi connectivity index (χ0) is 21.0. The van der Waals surface area contributed by atoms with E-state index in [4.69, 9.17) is 0 Å². The van der Waals surface area contributed by atoms with Gasteiger partial charge in [-0.05, 0) is 19.1 Å². The number of anilines is 1. The molecule has 0 bridgehead atoms. The van der Waals surface area contributed by atoms with Crippen molar-refractivity contribution < 1.29 is 13.2 Å². The van der Waals surface area contributed by atoms with E-state index in [1.165, 1.54) is 49.5 Å². The summed E-state index contributed by atoms with van der Waals surface area (Å²) in [6, 6.07) is 12.8. The molecule has 1 N–H and O–H groups in total. The summed E-state index contributed by atoms with van der Waals surface area (Å²) in [5.74, 6) is -0.198. The molecule has 1 amide bonds. The van der Waals surface area contributed by atoms with E-state index in [9.17, 15) is 13.2 Å². The minimum Gasteiger partial charge on any atom is -0.301 e. The van der Waals surface area contributed by atoms with Crippen molar-refractivity contribution in [2.45, 2.75) is 22.1 Å². The summed E-state index contributed by atoms with van der Waals surface area (Å²) >= 11 is 2.61. The Balaban J connectivity index is 1.62. The Morgan fingerprint density at radius 2 is 1.90 bits per heavy atom. The summed E-state index contributed by atoms with van der Waals surface area (Å²) < 4.78 is 25.3. The zero-order valence-electron chi connectivity index (χ0n) is 16.1. The second-order valence-electron chi connectivity index (χ2n) is 6.27. The van der Waals surface area contributed by atoms with Crippen molar-refractivity contribution in [3.8, 4) is 11.3 Å². The molecule has 152 valence electrons. The fourth-order valence-electron chi connectivity index (χ4n) is 2.31. The Hall–Kier alpha value is -2.27.